The molecule has 0 atom stereocenters. The van der Waals surface area contributed by atoms with Crippen molar-refractivity contribution < 1.29 is 9.21 Å². The van der Waals surface area contributed by atoms with E-state index in [1.54, 1.807) is 12.1 Å². The normalized spacial score (nSPS) is 10.5. The van der Waals surface area contributed by atoms with Crippen molar-refractivity contribution in [3.63, 3.8) is 0 Å². The molecule has 0 aliphatic carbocycles. The first-order chi connectivity index (χ1) is 9.69. The minimum atomic E-state index is -0.00177. The van der Waals surface area contributed by atoms with Crippen molar-refractivity contribution in [2.45, 2.75) is 26.2 Å². The monoisotopic (exact) mass is 293 g/mol. The summed E-state index contributed by atoms with van der Waals surface area (Å²) in [5, 5.41) is 11.4. The predicted molar refractivity (Wildman–Crippen MR) is 76.4 cm³/mol. The van der Waals surface area contributed by atoms with Crippen molar-refractivity contribution in [3.8, 4) is 11.5 Å². The van der Waals surface area contributed by atoms with Gasteiger partial charge in [0.25, 0.3) is 0 Å². The molecule has 0 saturated carbocycles. The second kappa shape index (κ2) is 7.05. The number of carbonyl (C=O) groups is 1. The maximum absolute atomic E-state index is 11.5. The standard InChI is InChI=1S/C14H16ClN3O2/c1-2-9-16-12(19)7-8-13-17-18-14(20-13)10-3-5-11(15)6-4-10/h3-6H,2,7-9H2,1H3,(H,16,19). The summed E-state index contributed by atoms with van der Waals surface area (Å²) >= 11 is 5.82. The number of hydrogen-bond donors (Lipinski definition) is 1. The first kappa shape index (κ1) is 14.5. The van der Waals surface area contributed by atoms with E-state index in [2.05, 4.69) is 15.5 Å². The lowest BCUT2D eigenvalue weighted by Gasteiger charge is -2.00. The predicted octanol–water partition coefficient (Wildman–Crippen LogP) is 2.85. The SMILES string of the molecule is CCCNC(=O)CCc1nnc(-c2ccc(Cl)cc2)o1. The van der Waals surface area contributed by atoms with E-state index in [4.69, 9.17) is 16.0 Å². The van der Waals surface area contributed by atoms with Crippen LogP contribution in [-0.2, 0) is 11.2 Å². The number of amides is 1. The van der Waals surface area contributed by atoms with Gasteiger partial charge in [-0.1, -0.05) is 18.5 Å². The number of hydrogen-bond acceptors (Lipinski definition) is 4. The molecule has 20 heavy (non-hydrogen) atoms. The molecule has 0 saturated heterocycles. The quantitative estimate of drug-likeness (QED) is 0.889. The topological polar surface area (TPSA) is 68.0 Å². The summed E-state index contributed by atoms with van der Waals surface area (Å²) in [5.74, 6) is 0.894. The Bertz CT molecular complexity index is 566. The number of aryl methyl sites for hydroxylation is 1. The van der Waals surface area contributed by atoms with Gasteiger partial charge >= 0.3 is 0 Å². The zero-order chi connectivity index (χ0) is 14.4. The maximum atomic E-state index is 11.5. The van der Waals surface area contributed by atoms with Gasteiger partial charge in [0.05, 0.1) is 0 Å². The summed E-state index contributed by atoms with van der Waals surface area (Å²) in [6.07, 6.45) is 1.71. The largest absolute Gasteiger partial charge is 0.421 e. The Morgan fingerprint density at radius 1 is 1.30 bits per heavy atom. The summed E-state index contributed by atoms with van der Waals surface area (Å²) in [6.45, 7) is 2.70. The molecule has 1 heterocycles. The summed E-state index contributed by atoms with van der Waals surface area (Å²) in [6, 6.07) is 7.15. The van der Waals surface area contributed by atoms with Crippen molar-refractivity contribution in [3.05, 3.63) is 35.2 Å². The zero-order valence-electron chi connectivity index (χ0n) is 11.2. The molecule has 106 valence electrons. The number of carbonyl (C=O) groups excluding carboxylic acids is 1. The Balaban J connectivity index is 1.92. The number of nitrogens with zero attached hydrogens (tertiary/aromatic N) is 2. The Kier molecular flexibility index (Phi) is 5.12. The van der Waals surface area contributed by atoms with E-state index < -0.39 is 0 Å². The second-order valence-corrected chi connectivity index (χ2v) is 4.79. The van der Waals surface area contributed by atoms with Crippen LogP contribution in [-0.4, -0.2) is 22.6 Å². The Morgan fingerprint density at radius 2 is 2.05 bits per heavy atom. The first-order valence-electron chi connectivity index (χ1n) is 6.54. The zero-order valence-corrected chi connectivity index (χ0v) is 12.0. The average Bonchev–Trinajstić information content (AvgIpc) is 2.92. The third-order valence-corrected chi connectivity index (χ3v) is 2.95. The molecular formula is C14H16ClN3O2. The van der Waals surface area contributed by atoms with Crippen molar-refractivity contribution in [1.82, 2.24) is 15.5 Å². The molecule has 1 amide bonds. The highest BCUT2D eigenvalue weighted by molar-refractivity contribution is 6.30. The van der Waals surface area contributed by atoms with Gasteiger partial charge in [-0.2, -0.15) is 0 Å². The molecule has 2 rings (SSSR count). The molecule has 0 aliphatic heterocycles. The second-order valence-electron chi connectivity index (χ2n) is 4.36. The van der Waals surface area contributed by atoms with Crippen LogP contribution >= 0.6 is 11.6 Å². The lowest BCUT2D eigenvalue weighted by atomic mass is 10.2. The van der Waals surface area contributed by atoms with Crippen LogP contribution in [0.3, 0.4) is 0 Å². The van der Waals surface area contributed by atoms with E-state index in [0.717, 1.165) is 12.0 Å². The Hall–Kier alpha value is -1.88. The minimum absolute atomic E-state index is 0.00177. The van der Waals surface area contributed by atoms with Gasteiger partial charge in [0, 0.05) is 30.0 Å². The third-order valence-electron chi connectivity index (χ3n) is 2.70. The number of aromatic nitrogens is 2. The van der Waals surface area contributed by atoms with E-state index in [1.165, 1.54) is 0 Å². The van der Waals surface area contributed by atoms with Crippen LogP contribution in [0.25, 0.3) is 11.5 Å². The minimum Gasteiger partial charge on any atom is -0.421 e. The molecule has 0 bridgehead atoms. The summed E-state index contributed by atoms with van der Waals surface area (Å²) in [7, 11) is 0. The van der Waals surface area contributed by atoms with Crippen molar-refractivity contribution >= 4 is 17.5 Å². The molecule has 0 aliphatic rings. The van der Waals surface area contributed by atoms with E-state index in [0.29, 0.717) is 36.2 Å². The highest BCUT2D eigenvalue weighted by Gasteiger charge is 2.10. The highest BCUT2D eigenvalue weighted by atomic mass is 35.5. The molecule has 0 unspecified atom stereocenters. The smallest absolute Gasteiger partial charge is 0.247 e. The molecule has 1 N–H and O–H groups in total. The molecule has 1 aromatic heterocycles. The van der Waals surface area contributed by atoms with Gasteiger partial charge in [-0.05, 0) is 30.7 Å². The first-order valence-corrected chi connectivity index (χ1v) is 6.92. The van der Waals surface area contributed by atoms with Crippen LogP contribution in [0.4, 0.5) is 0 Å². The van der Waals surface area contributed by atoms with Crippen LogP contribution in [0.1, 0.15) is 25.7 Å². The lowest BCUT2D eigenvalue weighted by molar-refractivity contribution is -0.121. The summed E-state index contributed by atoms with van der Waals surface area (Å²) < 4.78 is 5.52. The van der Waals surface area contributed by atoms with Crippen molar-refractivity contribution in [2.24, 2.45) is 0 Å². The number of halogens is 1. The average molecular weight is 294 g/mol. The summed E-state index contributed by atoms with van der Waals surface area (Å²) in [5.41, 5.74) is 0.809. The van der Waals surface area contributed by atoms with Crippen LogP contribution in [0.15, 0.2) is 28.7 Å². The molecule has 5 nitrogen and oxygen atoms in total. The van der Waals surface area contributed by atoms with E-state index >= 15 is 0 Å². The number of benzene rings is 1. The van der Waals surface area contributed by atoms with Gasteiger partial charge in [0.1, 0.15) is 0 Å². The molecular weight excluding hydrogens is 278 g/mol. The lowest BCUT2D eigenvalue weighted by Crippen LogP contribution is -2.24. The molecule has 1 aromatic carbocycles. The van der Waals surface area contributed by atoms with E-state index in [9.17, 15) is 4.79 Å². The highest BCUT2D eigenvalue weighted by Crippen LogP contribution is 2.20. The van der Waals surface area contributed by atoms with Gasteiger partial charge in [-0.3, -0.25) is 4.79 Å². The van der Waals surface area contributed by atoms with Crippen LogP contribution < -0.4 is 5.32 Å². The molecule has 0 radical (unpaired) electrons. The fourth-order valence-electron chi connectivity index (χ4n) is 1.64. The van der Waals surface area contributed by atoms with Crippen LogP contribution in [0, 0.1) is 0 Å². The Morgan fingerprint density at radius 3 is 2.75 bits per heavy atom. The Labute approximate surface area is 122 Å². The number of nitrogens with one attached hydrogen (secondary N) is 1. The summed E-state index contributed by atoms with van der Waals surface area (Å²) in [4.78, 5) is 11.5. The molecule has 2 aromatic rings. The molecule has 6 heteroatoms. The van der Waals surface area contributed by atoms with E-state index in [1.807, 2.05) is 19.1 Å². The van der Waals surface area contributed by atoms with Gasteiger partial charge in [-0.25, -0.2) is 0 Å². The molecule has 0 fully saturated rings. The third kappa shape index (κ3) is 4.06. The van der Waals surface area contributed by atoms with E-state index in [-0.39, 0.29) is 5.91 Å². The fraction of sp³-hybridized carbons (Fsp3) is 0.357. The maximum Gasteiger partial charge on any atom is 0.247 e. The number of rotatable bonds is 6. The van der Waals surface area contributed by atoms with Crippen LogP contribution in [0.5, 0.6) is 0 Å². The fourth-order valence-corrected chi connectivity index (χ4v) is 1.76. The molecule has 0 spiro atoms. The van der Waals surface area contributed by atoms with Crippen LogP contribution in [0.2, 0.25) is 5.02 Å². The van der Waals surface area contributed by atoms with Gasteiger partial charge in [-0.15, -0.1) is 10.2 Å². The van der Waals surface area contributed by atoms with Crippen molar-refractivity contribution in [1.29, 1.82) is 0 Å². The van der Waals surface area contributed by atoms with Gasteiger partial charge in [0.15, 0.2) is 0 Å². The van der Waals surface area contributed by atoms with Crippen molar-refractivity contribution in [2.75, 3.05) is 6.54 Å². The van der Waals surface area contributed by atoms with Gasteiger partial charge in [0.2, 0.25) is 17.7 Å². The van der Waals surface area contributed by atoms with Gasteiger partial charge < -0.3 is 9.73 Å².